The molecule has 1 aromatic rings. The molecule has 0 atom stereocenters. The first kappa shape index (κ1) is 9.47. The number of hydrogen-bond donors (Lipinski definition) is 1. The molecule has 0 unspecified atom stereocenters. The van der Waals surface area contributed by atoms with Gasteiger partial charge < -0.3 is 9.84 Å². The Kier molecular flexibility index (Phi) is 3.22. The first-order valence-corrected chi connectivity index (χ1v) is 4.23. The Balaban J connectivity index is 2.47. The van der Waals surface area contributed by atoms with E-state index in [9.17, 15) is 9.59 Å². The summed E-state index contributed by atoms with van der Waals surface area (Å²) in [4.78, 5) is 20.9. The van der Waals surface area contributed by atoms with Gasteiger partial charge in [0.15, 0.2) is 5.06 Å². The number of esters is 1. The zero-order valence-corrected chi connectivity index (χ0v) is 7.28. The molecule has 5 heteroatoms. The minimum Gasteiger partial charge on any atom is -0.478 e. The normalized spacial score (nSPS) is 10.2. The number of thiophene rings is 1. The molecule has 0 saturated heterocycles. The third-order valence-electron chi connectivity index (χ3n) is 1.06. The molecule has 0 bridgehead atoms. The van der Waals surface area contributed by atoms with Crippen molar-refractivity contribution in [1.82, 2.24) is 0 Å². The Labute approximate surface area is 78.1 Å². The summed E-state index contributed by atoms with van der Waals surface area (Å²) in [5.41, 5.74) is 0. The molecule has 1 aromatic heterocycles. The number of carboxylic acids is 1. The minimum atomic E-state index is -1.18. The summed E-state index contributed by atoms with van der Waals surface area (Å²) in [6.45, 7) is 0. The van der Waals surface area contributed by atoms with Gasteiger partial charge >= 0.3 is 11.9 Å². The van der Waals surface area contributed by atoms with Gasteiger partial charge in [-0.15, -0.1) is 11.3 Å². The molecule has 1 N–H and O–H groups in total. The fourth-order valence-corrected chi connectivity index (χ4v) is 1.17. The molecule has 0 radical (unpaired) electrons. The summed E-state index contributed by atoms with van der Waals surface area (Å²) < 4.78 is 4.73. The molecule has 1 heterocycles. The summed E-state index contributed by atoms with van der Waals surface area (Å²) in [6.07, 6.45) is 1.60. The van der Waals surface area contributed by atoms with Gasteiger partial charge in [0.25, 0.3) is 0 Å². The average Bonchev–Trinajstić information content (AvgIpc) is 2.53. The lowest BCUT2D eigenvalue weighted by molar-refractivity contribution is -0.133. The highest BCUT2D eigenvalue weighted by Crippen LogP contribution is 2.18. The number of hydrogen-bond acceptors (Lipinski definition) is 4. The van der Waals surface area contributed by atoms with Crippen LogP contribution in [0.1, 0.15) is 0 Å². The van der Waals surface area contributed by atoms with Crippen LogP contribution >= 0.6 is 11.3 Å². The number of aliphatic carboxylic acids is 1. The maximum absolute atomic E-state index is 10.8. The smallest absolute Gasteiger partial charge is 0.337 e. The minimum absolute atomic E-state index is 0.444. The molecule has 1 rings (SSSR count). The van der Waals surface area contributed by atoms with Crippen molar-refractivity contribution in [3.05, 3.63) is 29.7 Å². The number of ether oxygens (including phenoxy) is 1. The fraction of sp³-hybridized carbons (Fsp3) is 0. The van der Waals surface area contributed by atoms with Crippen molar-refractivity contribution in [1.29, 1.82) is 0 Å². The third-order valence-corrected chi connectivity index (χ3v) is 1.80. The van der Waals surface area contributed by atoms with Crippen LogP contribution in [0.25, 0.3) is 0 Å². The summed E-state index contributed by atoms with van der Waals surface area (Å²) in [6, 6.07) is 3.35. The van der Waals surface area contributed by atoms with Gasteiger partial charge in [0.05, 0.1) is 0 Å². The summed E-state index contributed by atoms with van der Waals surface area (Å²) >= 11 is 1.26. The Morgan fingerprint density at radius 1 is 1.46 bits per heavy atom. The van der Waals surface area contributed by atoms with E-state index < -0.39 is 11.9 Å². The van der Waals surface area contributed by atoms with E-state index in [-0.39, 0.29) is 0 Å². The zero-order valence-electron chi connectivity index (χ0n) is 6.47. The molecule has 68 valence electrons. The SMILES string of the molecule is O=C(O)C=CC(=O)Oc1cccs1. The summed E-state index contributed by atoms with van der Waals surface area (Å²) in [7, 11) is 0. The standard InChI is InChI=1S/C8H6O4S/c9-6(10)3-4-7(11)12-8-2-1-5-13-8/h1-5H,(H,9,10). The lowest BCUT2D eigenvalue weighted by Gasteiger charge is -1.93. The Morgan fingerprint density at radius 2 is 2.23 bits per heavy atom. The highest BCUT2D eigenvalue weighted by atomic mass is 32.1. The zero-order chi connectivity index (χ0) is 9.68. The second-order valence-electron chi connectivity index (χ2n) is 2.02. The van der Waals surface area contributed by atoms with Gasteiger partial charge in [-0.05, 0) is 17.5 Å². The molecule has 0 aliphatic rings. The van der Waals surface area contributed by atoms with Crippen LogP contribution in [0, 0.1) is 0 Å². The highest BCUT2D eigenvalue weighted by molar-refractivity contribution is 7.11. The first-order valence-electron chi connectivity index (χ1n) is 3.35. The lowest BCUT2D eigenvalue weighted by atomic mass is 10.5. The monoisotopic (exact) mass is 198 g/mol. The van der Waals surface area contributed by atoms with E-state index in [1.165, 1.54) is 11.3 Å². The third kappa shape index (κ3) is 3.53. The second-order valence-corrected chi connectivity index (χ2v) is 2.93. The van der Waals surface area contributed by atoms with Crippen LogP contribution in [-0.2, 0) is 9.59 Å². The first-order chi connectivity index (χ1) is 6.18. The van der Waals surface area contributed by atoms with E-state index >= 15 is 0 Å². The van der Waals surface area contributed by atoms with Crippen LogP contribution in [0.15, 0.2) is 29.7 Å². The van der Waals surface area contributed by atoms with Gasteiger partial charge in [-0.25, -0.2) is 9.59 Å². The van der Waals surface area contributed by atoms with E-state index in [2.05, 4.69) is 0 Å². The lowest BCUT2D eigenvalue weighted by Crippen LogP contribution is -2.03. The maximum atomic E-state index is 10.8. The molecular formula is C8H6O4S. The van der Waals surface area contributed by atoms with E-state index in [0.29, 0.717) is 5.06 Å². The van der Waals surface area contributed by atoms with Crippen LogP contribution in [0.5, 0.6) is 5.06 Å². The summed E-state index contributed by atoms with van der Waals surface area (Å²) in [5, 5.41) is 10.4. The van der Waals surface area contributed by atoms with E-state index in [0.717, 1.165) is 12.2 Å². The van der Waals surface area contributed by atoms with Gasteiger partial charge in [-0.1, -0.05) is 0 Å². The van der Waals surface area contributed by atoms with E-state index in [1.54, 1.807) is 17.5 Å². The Bertz CT molecular complexity index is 326. The van der Waals surface area contributed by atoms with Crippen molar-refractivity contribution in [3.8, 4) is 5.06 Å². The van der Waals surface area contributed by atoms with E-state index in [1.807, 2.05) is 0 Å². The van der Waals surface area contributed by atoms with Gasteiger partial charge in [-0.2, -0.15) is 0 Å². The Hall–Kier alpha value is -1.62. The highest BCUT2D eigenvalue weighted by Gasteiger charge is 2.00. The van der Waals surface area contributed by atoms with Crippen molar-refractivity contribution < 1.29 is 19.4 Å². The van der Waals surface area contributed by atoms with Crippen LogP contribution in [0.3, 0.4) is 0 Å². The number of rotatable bonds is 3. The topological polar surface area (TPSA) is 63.6 Å². The number of carbonyl (C=O) groups excluding carboxylic acids is 1. The molecule has 0 aromatic carbocycles. The predicted molar refractivity (Wildman–Crippen MR) is 46.7 cm³/mol. The molecule has 0 spiro atoms. The summed E-state index contributed by atoms with van der Waals surface area (Å²) in [5.74, 6) is -1.87. The van der Waals surface area contributed by atoms with Gasteiger partial charge in [0, 0.05) is 12.2 Å². The molecule has 0 aliphatic carbocycles. The quantitative estimate of drug-likeness (QED) is 0.587. The molecule has 4 nitrogen and oxygen atoms in total. The molecular weight excluding hydrogens is 192 g/mol. The van der Waals surface area contributed by atoms with Crippen molar-refractivity contribution in [2.45, 2.75) is 0 Å². The van der Waals surface area contributed by atoms with Crippen LogP contribution in [0.4, 0.5) is 0 Å². The van der Waals surface area contributed by atoms with E-state index in [4.69, 9.17) is 9.84 Å². The number of carboxylic acid groups (broad SMARTS) is 1. The van der Waals surface area contributed by atoms with Gasteiger partial charge in [0.1, 0.15) is 0 Å². The van der Waals surface area contributed by atoms with Crippen molar-refractivity contribution >= 4 is 23.3 Å². The fourth-order valence-electron chi connectivity index (χ4n) is 0.594. The largest absolute Gasteiger partial charge is 0.478 e. The van der Waals surface area contributed by atoms with Crippen LogP contribution < -0.4 is 4.74 Å². The predicted octanol–water partition coefficient (Wildman–Crippen LogP) is 1.29. The van der Waals surface area contributed by atoms with Gasteiger partial charge in [-0.3, -0.25) is 0 Å². The van der Waals surface area contributed by atoms with Gasteiger partial charge in [0.2, 0.25) is 0 Å². The Morgan fingerprint density at radius 3 is 2.77 bits per heavy atom. The molecule has 0 amide bonds. The van der Waals surface area contributed by atoms with Crippen LogP contribution in [-0.4, -0.2) is 17.0 Å². The molecule has 0 fully saturated rings. The van der Waals surface area contributed by atoms with Crippen molar-refractivity contribution in [2.75, 3.05) is 0 Å². The van der Waals surface area contributed by atoms with Crippen molar-refractivity contribution in [2.24, 2.45) is 0 Å². The molecule has 13 heavy (non-hydrogen) atoms. The average molecular weight is 198 g/mol. The second kappa shape index (κ2) is 4.42. The molecule has 0 aliphatic heterocycles. The molecule has 0 saturated carbocycles. The number of carbonyl (C=O) groups is 2. The van der Waals surface area contributed by atoms with Crippen molar-refractivity contribution in [3.63, 3.8) is 0 Å². The maximum Gasteiger partial charge on any atom is 0.337 e. The van der Waals surface area contributed by atoms with Crippen LogP contribution in [0.2, 0.25) is 0 Å².